The average Bonchev–Trinajstić information content (AvgIpc) is 2.39. The van der Waals surface area contributed by atoms with Crippen LogP contribution < -0.4 is 9.79 Å². The summed E-state index contributed by atoms with van der Waals surface area (Å²) >= 11 is 0. The van der Waals surface area contributed by atoms with E-state index in [1.807, 2.05) is 60.7 Å². The predicted octanol–water partition coefficient (Wildman–Crippen LogP) is 1.56. The molecule has 0 saturated carbocycles. The van der Waals surface area contributed by atoms with Gasteiger partial charge in [-0.15, -0.1) is 0 Å². The van der Waals surface area contributed by atoms with Crippen LogP contribution in [0.4, 0.5) is 0 Å². The summed E-state index contributed by atoms with van der Waals surface area (Å²) in [6.07, 6.45) is -0.462. The Morgan fingerprint density at radius 1 is 0.800 bits per heavy atom. The largest absolute Gasteiger partial charge is 0.810 e. The Bertz CT molecular complexity index is 527. The van der Waals surface area contributed by atoms with Gasteiger partial charge in [0.05, 0.1) is 0 Å². The van der Waals surface area contributed by atoms with E-state index in [0.29, 0.717) is 13.1 Å². The zero-order valence-corrected chi connectivity index (χ0v) is 11.9. The van der Waals surface area contributed by atoms with Gasteiger partial charge >= 0.3 is 0 Å². The summed E-state index contributed by atoms with van der Waals surface area (Å²) < 4.78 is 11.1. The Morgan fingerprint density at radius 3 is 1.55 bits per heavy atom. The fourth-order valence-corrected chi connectivity index (χ4v) is 2.77. The van der Waals surface area contributed by atoms with E-state index in [9.17, 15) is 14.4 Å². The van der Waals surface area contributed by atoms with Gasteiger partial charge in [0.2, 0.25) is 0 Å². The maximum absolute atomic E-state index is 11.1. The molecule has 0 aliphatic rings. The van der Waals surface area contributed by atoms with Crippen LogP contribution in [0.1, 0.15) is 11.1 Å². The molecule has 0 fully saturated rings. The first-order valence-corrected chi connectivity index (χ1v) is 8.07. The molecule has 0 heterocycles. The third-order valence-electron chi connectivity index (χ3n) is 2.87. The molecule has 5 heteroatoms. The zero-order chi connectivity index (χ0) is 14.4. The van der Waals surface area contributed by atoms with E-state index in [4.69, 9.17) is 0 Å². The Balaban J connectivity index is 2.10. The fourth-order valence-electron chi connectivity index (χ4n) is 2.08. The Morgan fingerprint density at radius 2 is 1.20 bits per heavy atom. The van der Waals surface area contributed by atoms with Crippen LogP contribution in [0.25, 0.3) is 0 Å². The maximum Gasteiger partial charge on any atom is 0.0267 e. The highest BCUT2D eigenvalue weighted by atomic mass is 31.2. The molecule has 0 amide bonds. The molecule has 0 unspecified atom stereocenters. The SMILES string of the molecule is O=P([O-])([O-])CN(Cc1ccccc1)Cc1ccccc1. The van der Waals surface area contributed by atoms with Gasteiger partial charge in [0, 0.05) is 19.4 Å². The third kappa shape index (κ3) is 5.27. The van der Waals surface area contributed by atoms with E-state index in [0.717, 1.165) is 11.1 Å². The van der Waals surface area contributed by atoms with Crippen molar-refractivity contribution < 1.29 is 14.4 Å². The highest BCUT2D eigenvalue weighted by Gasteiger charge is 2.08. The minimum atomic E-state index is -4.57. The van der Waals surface area contributed by atoms with Crippen LogP contribution in [-0.2, 0) is 17.7 Å². The summed E-state index contributed by atoms with van der Waals surface area (Å²) in [7, 11) is -4.57. The monoisotopic (exact) mass is 289 g/mol. The summed E-state index contributed by atoms with van der Waals surface area (Å²) in [6.45, 7) is 0.869. The molecule has 2 aromatic carbocycles. The first-order valence-electron chi connectivity index (χ1n) is 6.34. The maximum atomic E-state index is 11.1. The lowest BCUT2D eigenvalue weighted by atomic mass is 10.2. The summed E-state index contributed by atoms with van der Waals surface area (Å²) in [6, 6.07) is 19.0. The van der Waals surface area contributed by atoms with Crippen LogP contribution in [0.5, 0.6) is 0 Å². The first kappa shape index (κ1) is 14.9. The quantitative estimate of drug-likeness (QED) is 0.757. The molecule has 0 aromatic heterocycles. The Hall–Kier alpha value is -1.45. The number of rotatable bonds is 6. The van der Waals surface area contributed by atoms with E-state index in [-0.39, 0.29) is 0 Å². The van der Waals surface area contributed by atoms with Crippen LogP contribution in [0.3, 0.4) is 0 Å². The Labute approximate surface area is 118 Å². The second-order valence-electron chi connectivity index (χ2n) is 4.71. The standard InChI is InChI=1S/C15H18NO3P/c17-20(18,19)13-16(11-14-7-3-1-4-8-14)12-15-9-5-2-6-10-15/h1-10H,11-13H2,(H2,17,18,19)/p-2. The van der Waals surface area contributed by atoms with E-state index >= 15 is 0 Å². The van der Waals surface area contributed by atoms with Gasteiger partial charge in [0.15, 0.2) is 0 Å². The van der Waals surface area contributed by atoms with Gasteiger partial charge in [0.25, 0.3) is 0 Å². The molecule has 0 radical (unpaired) electrons. The van der Waals surface area contributed by atoms with Crippen molar-refractivity contribution in [1.29, 1.82) is 0 Å². The molecule has 106 valence electrons. The summed E-state index contributed by atoms with van der Waals surface area (Å²) in [5.74, 6) is 0. The second kappa shape index (κ2) is 6.82. The van der Waals surface area contributed by atoms with Gasteiger partial charge < -0.3 is 14.4 Å². The van der Waals surface area contributed by atoms with Crippen LogP contribution in [-0.4, -0.2) is 11.2 Å². The zero-order valence-electron chi connectivity index (χ0n) is 11.0. The summed E-state index contributed by atoms with van der Waals surface area (Å²) in [5, 5.41) is 0. The van der Waals surface area contributed by atoms with Crippen molar-refractivity contribution in [3.8, 4) is 0 Å². The molecule has 4 nitrogen and oxygen atoms in total. The van der Waals surface area contributed by atoms with Gasteiger partial charge in [-0.1, -0.05) is 68.3 Å². The average molecular weight is 289 g/mol. The van der Waals surface area contributed by atoms with Crippen molar-refractivity contribution in [2.45, 2.75) is 13.1 Å². The molecule has 0 spiro atoms. The molecular weight excluding hydrogens is 273 g/mol. The smallest absolute Gasteiger partial charge is 0.0267 e. The van der Waals surface area contributed by atoms with E-state index in [2.05, 4.69) is 0 Å². The van der Waals surface area contributed by atoms with Crippen molar-refractivity contribution in [2.75, 3.05) is 6.29 Å². The normalized spacial score (nSPS) is 11.8. The predicted molar refractivity (Wildman–Crippen MR) is 74.6 cm³/mol. The van der Waals surface area contributed by atoms with Crippen molar-refractivity contribution >= 4 is 7.60 Å². The van der Waals surface area contributed by atoms with Gasteiger partial charge in [-0.2, -0.15) is 0 Å². The van der Waals surface area contributed by atoms with Gasteiger partial charge in [-0.05, 0) is 11.1 Å². The minimum absolute atomic E-state index is 0.435. The molecule has 0 N–H and O–H groups in total. The summed E-state index contributed by atoms with van der Waals surface area (Å²) in [4.78, 5) is 23.7. The topological polar surface area (TPSA) is 66.4 Å². The van der Waals surface area contributed by atoms with Crippen LogP contribution in [0.15, 0.2) is 60.7 Å². The van der Waals surface area contributed by atoms with Gasteiger partial charge in [0.1, 0.15) is 0 Å². The third-order valence-corrected chi connectivity index (χ3v) is 3.62. The van der Waals surface area contributed by atoms with Crippen molar-refractivity contribution in [2.24, 2.45) is 0 Å². The molecule has 0 saturated heterocycles. The van der Waals surface area contributed by atoms with Crippen molar-refractivity contribution in [3.63, 3.8) is 0 Å². The van der Waals surface area contributed by atoms with Crippen LogP contribution >= 0.6 is 7.60 Å². The van der Waals surface area contributed by atoms with Crippen molar-refractivity contribution in [1.82, 2.24) is 4.90 Å². The van der Waals surface area contributed by atoms with Crippen LogP contribution in [0.2, 0.25) is 0 Å². The van der Waals surface area contributed by atoms with Crippen LogP contribution in [0, 0.1) is 0 Å². The van der Waals surface area contributed by atoms with Gasteiger partial charge in [-0.3, -0.25) is 4.90 Å². The molecule has 20 heavy (non-hydrogen) atoms. The first-order chi connectivity index (χ1) is 9.53. The number of nitrogens with zero attached hydrogens (tertiary/aromatic N) is 1. The van der Waals surface area contributed by atoms with Gasteiger partial charge in [-0.25, -0.2) is 0 Å². The second-order valence-corrected chi connectivity index (χ2v) is 6.22. The Kier molecular flexibility index (Phi) is 5.10. The molecule has 0 atom stereocenters. The highest BCUT2D eigenvalue weighted by molar-refractivity contribution is 7.48. The molecule has 2 aromatic rings. The number of benzene rings is 2. The molecule has 0 bridgehead atoms. The van der Waals surface area contributed by atoms with E-state index in [1.165, 1.54) is 0 Å². The van der Waals surface area contributed by atoms with E-state index in [1.54, 1.807) is 4.90 Å². The lowest BCUT2D eigenvalue weighted by molar-refractivity contribution is -0.315. The van der Waals surface area contributed by atoms with Crippen molar-refractivity contribution in [3.05, 3.63) is 71.8 Å². The molecule has 0 aliphatic carbocycles. The highest BCUT2D eigenvalue weighted by Crippen LogP contribution is 2.26. The van der Waals surface area contributed by atoms with E-state index < -0.39 is 13.9 Å². The molecular formula is C15H16NO3P-2. The minimum Gasteiger partial charge on any atom is -0.810 e. The summed E-state index contributed by atoms with van der Waals surface area (Å²) in [5.41, 5.74) is 1.97. The fraction of sp³-hybridized carbons (Fsp3) is 0.200. The lowest BCUT2D eigenvalue weighted by Gasteiger charge is -2.36. The number of hydrogen-bond donors (Lipinski definition) is 0. The number of hydrogen-bond acceptors (Lipinski definition) is 4. The molecule has 2 rings (SSSR count). The lowest BCUT2D eigenvalue weighted by Crippen LogP contribution is -2.30. The molecule has 0 aliphatic heterocycles.